The van der Waals surface area contributed by atoms with Gasteiger partial charge in [0, 0.05) is 32.1 Å². The first-order chi connectivity index (χ1) is 9.63. The van der Waals surface area contributed by atoms with Crippen LogP contribution >= 0.6 is 0 Å². The maximum atomic E-state index is 13.4. The lowest BCUT2D eigenvalue weighted by Crippen LogP contribution is -2.51. The Morgan fingerprint density at radius 1 is 1.60 bits per heavy atom. The molecule has 1 fully saturated rings. The van der Waals surface area contributed by atoms with Crippen molar-refractivity contribution in [2.45, 2.75) is 13.0 Å². The van der Waals surface area contributed by atoms with E-state index in [9.17, 15) is 9.18 Å². The van der Waals surface area contributed by atoms with Crippen LogP contribution in [0.5, 0.6) is 0 Å². The Morgan fingerprint density at radius 2 is 2.40 bits per heavy atom. The van der Waals surface area contributed by atoms with E-state index in [-0.39, 0.29) is 23.7 Å². The molecule has 110 valence electrons. The minimum atomic E-state index is -0.260. The van der Waals surface area contributed by atoms with E-state index in [1.807, 2.05) is 24.9 Å². The van der Waals surface area contributed by atoms with E-state index in [0.29, 0.717) is 19.6 Å². The monoisotopic (exact) mass is 279 g/mol. The Balaban J connectivity index is 2.19. The number of carbonyl (C=O) groups excluding carboxylic acids is 1. The molecule has 0 saturated carbocycles. The van der Waals surface area contributed by atoms with E-state index >= 15 is 0 Å². The van der Waals surface area contributed by atoms with Crippen LogP contribution in [0.3, 0.4) is 0 Å². The molecule has 0 bridgehead atoms. The van der Waals surface area contributed by atoms with Crippen molar-refractivity contribution in [1.82, 2.24) is 15.5 Å². The molecule has 1 heterocycles. The summed E-state index contributed by atoms with van der Waals surface area (Å²) in [5, 5.41) is 6.30. The van der Waals surface area contributed by atoms with E-state index in [1.54, 1.807) is 6.07 Å². The van der Waals surface area contributed by atoms with Gasteiger partial charge in [-0.1, -0.05) is 19.1 Å². The van der Waals surface area contributed by atoms with Crippen LogP contribution in [-0.4, -0.2) is 44.0 Å². The summed E-state index contributed by atoms with van der Waals surface area (Å²) in [6.07, 6.45) is 0. The van der Waals surface area contributed by atoms with Crippen molar-refractivity contribution in [3.05, 3.63) is 35.6 Å². The number of amides is 1. The van der Waals surface area contributed by atoms with E-state index in [0.717, 1.165) is 12.1 Å². The summed E-state index contributed by atoms with van der Waals surface area (Å²) in [4.78, 5) is 14.4. The molecule has 2 rings (SSSR count). The lowest BCUT2D eigenvalue weighted by molar-refractivity contribution is -0.138. The number of nitrogens with zero attached hydrogens (tertiary/aromatic N) is 1. The first-order valence-electron chi connectivity index (χ1n) is 7.04. The van der Waals surface area contributed by atoms with Crippen LogP contribution in [-0.2, 0) is 4.79 Å². The average molecular weight is 279 g/mol. The first-order valence-corrected chi connectivity index (χ1v) is 7.04. The fourth-order valence-corrected chi connectivity index (χ4v) is 2.66. The maximum Gasteiger partial charge on any atom is 0.227 e. The third-order valence-corrected chi connectivity index (χ3v) is 3.69. The molecule has 2 N–H and O–H groups in total. The molecule has 0 radical (unpaired) electrons. The molecular formula is C15H22FN3O. The Labute approximate surface area is 119 Å². The number of piperazine rings is 1. The normalized spacial score (nSPS) is 20.8. The van der Waals surface area contributed by atoms with Gasteiger partial charge in [0.1, 0.15) is 5.82 Å². The highest BCUT2D eigenvalue weighted by Gasteiger charge is 2.30. The fourth-order valence-electron chi connectivity index (χ4n) is 2.66. The van der Waals surface area contributed by atoms with Gasteiger partial charge in [0.25, 0.3) is 0 Å². The quantitative estimate of drug-likeness (QED) is 0.869. The molecule has 1 aromatic carbocycles. The highest BCUT2D eigenvalue weighted by atomic mass is 19.1. The molecule has 4 nitrogen and oxygen atoms in total. The van der Waals surface area contributed by atoms with Gasteiger partial charge in [-0.15, -0.1) is 0 Å². The minimum Gasteiger partial charge on any atom is -0.333 e. The first kappa shape index (κ1) is 14.9. The predicted molar refractivity (Wildman–Crippen MR) is 76.8 cm³/mol. The van der Waals surface area contributed by atoms with Crippen molar-refractivity contribution in [2.24, 2.45) is 5.92 Å². The number of hydrogen-bond donors (Lipinski definition) is 2. The largest absolute Gasteiger partial charge is 0.333 e. The van der Waals surface area contributed by atoms with Gasteiger partial charge in [-0.25, -0.2) is 4.39 Å². The second-order valence-electron chi connectivity index (χ2n) is 5.27. The van der Waals surface area contributed by atoms with Gasteiger partial charge in [0.2, 0.25) is 5.91 Å². The predicted octanol–water partition coefficient (Wildman–Crippen LogP) is 1.15. The van der Waals surface area contributed by atoms with Crippen LogP contribution < -0.4 is 10.6 Å². The summed E-state index contributed by atoms with van der Waals surface area (Å²) in [7, 11) is 1.84. The minimum absolute atomic E-state index is 0.0749. The number of nitrogens with one attached hydrogen (secondary N) is 2. The second-order valence-corrected chi connectivity index (χ2v) is 5.27. The highest BCUT2D eigenvalue weighted by molar-refractivity contribution is 5.79. The van der Waals surface area contributed by atoms with Crippen LogP contribution in [0, 0.1) is 11.7 Å². The van der Waals surface area contributed by atoms with Crippen molar-refractivity contribution < 1.29 is 9.18 Å². The zero-order valence-electron chi connectivity index (χ0n) is 12.0. The van der Waals surface area contributed by atoms with Crippen LogP contribution in [0.15, 0.2) is 24.3 Å². The maximum absolute atomic E-state index is 13.4. The number of rotatable bonds is 4. The summed E-state index contributed by atoms with van der Waals surface area (Å²) in [5.41, 5.74) is 0.849. The van der Waals surface area contributed by atoms with E-state index in [4.69, 9.17) is 0 Å². The number of benzene rings is 1. The smallest absolute Gasteiger partial charge is 0.227 e. The molecule has 1 amide bonds. The Hall–Kier alpha value is -1.46. The van der Waals surface area contributed by atoms with Gasteiger partial charge in [-0.2, -0.15) is 0 Å². The average Bonchev–Trinajstić information content (AvgIpc) is 2.47. The molecule has 1 aliphatic rings. The summed E-state index contributed by atoms with van der Waals surface area (Å²) in [6, 6.07) is 6.42. The van der Waals surface area contributed by atoms with Gasteiger partial charge < -0.3 is 15.5 Å². The molecule has 1 saturated heterocycles. The second kappa shape index (κ2) is 6.81. The van der Waals surface area contributed by atoms with Crippen LogP contribution in [0.1, 0.15) is 18.5 Å². The fraction of sp³-hybridized carbons (Fsp3) is 0.533. The Kier molecular flexibility index (Phi) is 5.09. The highest BCUT2D eigenvalue weighted by Crippen LogP contribution is 2.24. The third-order valence-electron chi connectivity index (χ3n) is 3.69. The lowest BCUT2D eigenvalue weighted by Gasteiger charge is -2.38. The summed E-state index contributed by atoms with van der Waals surface area (Å²) in [6.45, 7) is 4.68. The molecule has 5 heteroatoms. The van der Waals surface area contributed by atoms with Gasteiger partial charge in [0.15, 0.2) is 0 Å². The standard InChI is InChI=1S/C15H22FN3O/c1-11(9-17-2)15(20)19-7-6-18-10-14(19)12-4-3-5-13(16)8-12/h3-5,8,11,14,17-18H,6-7,9-10H2,1-2H3. The van der Waals surface area contributed by atoms with Crippen molar-refractivity contribution >= 4 is 5.91 Å². The molecule has 20 heavy (non-hydrogen) atoms. The van der Waals surface area contributed by atoms with Crippen LogP contribution in [0.4, 0.5) is 4.39 Å². The topological polar surface area (TPSA) is 44.4 Å². The molecule has 2 unspecified atom stereocenters. The molecule has 1 aromatic rings. The Morgan fingerprint density at radius 3 is 3.10 bits per heavy atom. The zero-order chi connectivity index (χ0) is 14.5. The Bertz CT molecular complexity index is 466. The van der Waals surface area contributed by atoms with Crippen molar-refractivity contribution in [1.29, 1.82) is 0 Å². The van der Waals surface area contributed by atoms with Gasteiger partial charge in [0.05, 0.1) is 6.04 Å². The van der Waals surface area contributed by atoms with E-state index < -0.39 is 0 Å². The number of hydrogen-bond acceptors (Lipinski definition) is 3. The van der Waals surface area contributed by atoms with Gasteiger partial charge >= 0.3 is 0 Å². The van der Waals surface area contributed by atoms with Crippen molar-refractivity contribution in [2.75, 3.05) is 33.2 Å². The van der Waals surface area contributed by atoms with E-state index in [1.165, 1.54) is 12.1 Å². The summed E-state index contributed by atoms with van der Waals surface area (Å²) >= 11 is 0. The number of halogens is 1. The third kappa shape index (κ3) is 3.35. The summed E-state index contributed by atoms with van der Waals surface area (Å²) < 4.78 is 13.4. The van der Waals surface area contributed by atoms with Gasteiger partial charge in [-0.3, -0.25) is 4.79 Å². The van der Waals surface area contributed by atoms with Crippen LogP contribution in [0.2, 0.25) is 0 Å². The zero-order valence-corrected chi connectivity index (χ0v) is 12.0. The molecular weight excluding hydrogens is 257 g/mol. The van der Waals surface area contributed by atoms with Gasteiger partial charge in [-0.05, 0) is 24.7 Å². The van der Waals surface area contributed by atoms with Crippen molar-refractivity contribution in [3.63, 3.8) is 0 Å². The SMILES string of the molecule is CNCC(C)C(=O)N1CCNCC1c1cccc(F)c1. The molecule has 0 spiro atoms. The molecule has 2 atom stereocenters. The van der Waals surface area contributed by atoms with E-state index in [2.05, 4.69) is 10.6 Å². The van der Waals surface area contributed by atoms with Crippen LogP contribution in [0.25, 0.3) is 0 Å². The number of carbonyl (C=O) groups is 1. The molecule has 0 aromatic heterocycles. The molecule has 0 aliphatic carbocycles. The molecule has 1 aliphatic heterocycles. The van der Waals surface area contributed by atoms with Crippen molar-refractivity contribution in [3.8, 4) is 0 Å². The lowest BCUT2D eigenvalue weighted by atomic mass is 10.0. The summed E-state index contributed by atoms with van der Waals surface area (Å²) in [5.74, 6) is -0.215.